The van der Waals surface area contributed by atoms with Crippen LogP contribution in [0.3, 0.4) is 0 Å². The monoisotopic (exact) mass is 381 g/mol. The molecule has 0 spiro atoms. The molecule has 0 saturated heterocycles. The highest BCUT2D eigenvalue weighted by Crippen LogP contribution is 2.33. The molecule has 0 unspecified atom stereocenters. The maximum absolute atomic E-state index is 12.1. The van der Waals surface area contributed by atoms with Crippen LogP contribution in [0.2, 0.25) is 0 Å². The predicted octanol–water partition coefficient (Wildman–Crippen LogP) is 4.45. The summed E-state index contributed by atoms with van der Waals surface area (Å²) in [5.41, 5.74) is 5.51. The Morgan fingerprint density at radius 3 is 2.43 bits per heavy atom. The van der Waals surface area contributed by atoms with Gasteiger partial charge in [0.25, 0.3) is 0 Å². The van der Waals surface area contributed by atoms with Gasteiger partial charge in [-0.15, -0.1) is 24.5 Å². The predicted molar refractivity (Wildman–Crippen MR) is 77.4 cm³/mol. The molecule has 2 N–H and O–H groups in total. The highest BCUT2D eigenvalue weighted by atomic mass is 79.9. The van der Waals surface area contributed by atoms with Crippen LogP contribution in [0.1, 0.15) is 9.75 Å². The van der Waals surface area contributed by atoms with E-state index < -0.39 is 6.36 Å². The molecular weight excluding hydrogens is 371 g/mol. The molecule has 0 amide bonds. The Hall–Kier alpha value is -1.25. The summed E-state index contributed by atoms with van der Waals surface area (Å²) in [4.78, 5) is 2.03. The minimum Gasteiger partial charge on any atom is -0.488 e. The average molecular weight is 382 g/mol. The molecule has 0 atom stereocenters. The molecule has 21 heavy (non-hydrogen) atoms. The first kappa shape index (κ1) is 16.1. The van der Waals surface area contributed by atoms with Gasteiger partial charge in [-0.05, 0) is 46.3 Å². The third kappa shape index (κ3) is 4.90. The molecule has 8 heteroatoms. The summed E-state index contributed by atoms with van der Waals surface area (Å²) >= 11 is 4.55. The maximum Gasteiger partial charge on any atom is 0.573 e. The molecule has 0 saturated carbocycles. The number of thiophene rings is 1. The van der Waals surface area contributed by atoms with Gasteiger partial charge in [-0.2, -0.15) is 0 Å². The second-order valence-corrected chi connectivity index (χ2v) is 6.11. The van der Waals surface area contributed by atoms with Crippen molar-refractivity contribution in [3.63, 3.8) is 0 Å². The Kier molecular flexibility index (Phi) is 5.13. The van der Waals surface area contributed by atoms with Gasteiger partial charge in [0.2, 0.25) is 0 Å². The smallest absolute Gasteiger partial charge is 0.488 e. The molecule has 0 fully saturated rings. The first-order chi connectivity index (χ1) is 9.87. The van der Waals surface area contributed by atoms with E-state index in [1.807, 2.05) is 12.1 Å². The van der Waals surface area contributed by atoms with Gasteiger partial charge in [-0.25, -0.2) is 0 Å². The lowest BCUT2D eigenvalue weighted by molar-refractivity contribution is -0.274. The molecular formula is C13H11BrF3NO2S. The van der Waals surface area contributed by atoms with Gasteiger partial charge < -0.3 is 15.2 Å². The molecule has 1 aromatic heterocycles. The normalized spacial score (nSPS) is 11.5. The first-order valence-corrected chi connectivity index (χ1v) is 7.44. The lowest BCUT2D eigenvalue weighted by Gasteiger charge is -2.12. The maximum atomic E-state index is 12.1. The Morgan fingerprint density at radius 2 is 1.86 bits per heavy atom. The minimum absolute atomic E-state index is 0.172. The molecule has 1 aromatic carbocycles. The van der Waals surface area contributed by atoms with E-state index in [-0.39, 0.29) is 10.2 Å². The molecule has 2 rings (SSSR count). The molecule has 114 valence electrons. The van der Waals surface area contributed by atoms with E-state index in [1.54, 1.807) is 0 Å². The first-order valence-electron chi connectivity index (χ1n) is 5.83. The van der Waals surface area contributed by atoms with Crippen LogP contribution in [0.25, 0.3) is 0 Å². The number of benzene rings is 1. The van der Waals surface area contributed by atoms with Crippen molar-refractivity contribution in [2.45, 2.75) is 19.5 Å². The van der Waals surface area contributed by atoms with Gasteiger partial charge >= 0.3 is 6.36 Å². The van der Waals surface area contributed by atoms with E-state index in [4.69, 9.17) is 10.5 Å². The fourth-order valence-electron chi connectivity index (χ4n) is 1.54. The van der Waals surface area contributed by atoms with E-state index >= 15 is 0 Å². The van der Waals surface area contributed by atoms with Crippen LogP contribution >= 0.6 is 27.3 Å². The van der Waals surface area contributed by atoms with Gasteiger partial charge in [-0.3, -0.25) is 0 Å². The molecule has 0 radical (unpaired) electrons. The third-order valence-electron chi connectivity index (χ3n) is 2.43. The number of alkyl halides is 3. The summed E-state index contributed by atoms with van der Waals surface area (Å²) in [5.74, 6) is 0.135. The van der Waals surface area contributed by atoms with Gasteiger partial charge in [0.1, 0.15) is 18.1 Å². The largest absolute Gasteiger partial charge is 0.573 e. The molecule has 0 bridgehead atoms. The highest BCUT2D eigenvalue weighted by Gasteiger charge is 2.31. The minimum atomic E-state index is -4.72. The van der Waals surface area contributed by atoms with Crippen molar-refractivity contribution in [2.75, 3.05) is 0 Å². The molecule has 0 aliphatic rings. The fourth-order valence-corrected chi connectivity index (χ4v) is 2.79. The lowest BCUT2D eigenvalue weighted by Crippen LogP contribution is -2.17. The average Bonchev–Trinajstić information content (AvgIpc) is 2.86. The molecule has 1 heterocycles. The Bertz CT molecular complexity index is 616. The van der Waals surface area contributed by atoms with Crippen molar-refractivity contribution in [3.8, 4) is 11.5 Å². The van der Waals surface area contributed by atoms with Crippen molar-refractivity contribution in [1.82, 2.24) is 0 Å². The summed E-state index contributed by atoms with van der Waals surface area (Å²) in [5, 5.41) is 0. The number of nitrogens with two attached hydrogens (primary N) is 1. The van der Waals surface area contributed by atoms with Crippen LogP contribution in [-0.4, -0.2) is 6.36 Å². The van der Waals surface area contributed by atoms with Crippen molar-refractivity contribution in [2.24, 2.45) is 5.73 Å². The van der Waals surface area contributed by atoms with Gasteiger partial charge in [-0.1, -0.05) is 0 Å². The van der Waals surface area contributed by atoms with Crippen LogP contribution < -0.4 is 15.2 Å². The standard InChI is InChI=1S/C13H11BrF3NO2S/c14-11-5-8(1-4-12(11)20-13(15,16)17)19-7-10-3-2-9(6-18)21-10/h1-5H,6-7,18H2. The van der Waals surface area contributed by atoms with Crippen LogP contribution in [-0.2, 0) is 13.2 Å². The number of ether oxygens (including phenoxy) is 2. The van der Waals surface area contributed by atoms with Crippen LogP contribution in [0.15, 0.2) is 34.8 Å². The van der Waals surface area contributed by atoms with E-state index in [9.17, 15) is 13.2 Å². The van der Waals surface area contributed by atoms with E-state index in [0.717, 1.165) is 9.75 Å². The number of hydrogen-bond donors (Lipinski definition) is 1. The van der Waals surface area contributed by atoms with E-state index in [0.29, 0.717) is 18.9 Å². The van der Waals surface area contributed by atoms with Gasteiger partial charge in [0.05, 0.1) is 4.47 Å². The zero-order valence-electron chi connectivity index (χ0n) is 10.6. The van der Waals surface area contributed by atoms with Crippen LogP contribution in [0, 0.1) is 0 Å². The SMILES string of the molecule is NCc1ccc(COc2ccc(OC(F)(F)F)c(Br)c2)s1. The molecule has 0 aliphatic carbocycles. The summed E-state index contributed by atoms with van der Waals surface area (Å²) in [6.07, 6.45) is -4.72. The summed E-state index contributed by atoms with van der Waals surface area (Å²) in [6, 6.07) is 7.87. The third-order valence-corrected chi connectivity index (χ3v) is 4.13. The van der Waals surface area contributed by atoms with Crippen molar-refractivity contribution < 1.29 is 22.6 Å². The van der Waals surface area contributed by atoms with E-state index in [1.165, 1.54) is 29.5 Å². The second kappa shape index (κ2) is 6.67. The fraction of sp³-hybridized carbons (Fsp3) is 0.231. The van der Waals surface area contributed by atoms with Crippen molar-refractivity contribution >= 4 is 27.3 Å². The second-order valence-electron chi connectivity index (χ2n) is 4.00. The quantitative estimate of drug-likeness (QED) is 0.831. The Morgan fingerprint density at radius 1 is 1.14 bits per heavy atom. The highest BCUT2D eigenvalue weighted by molar-refractivity contribution is 9.10. The molecule has 0 aliphatic heterocycles. The van der Waals surface area contributed by atoms with E-state index in [2.05, 4.69) is 20.7 Å². The topological polar surface area (TPSA) is 44.5 Å². The Labute approximate surface area is 131 Å². The lowest BCUT2D eigenvalue weighted by atomic mass is 10.3. The molecule has 2 aromatic rings. The summed E-state index contributed by atoms with van der Waals surface area (Å²) in [7, 11) is 0. The van der Waals surface area contributed by atoms with Gasteiger partial charge in [0, 0.05) is 16.3 Å². The van der Waals surface area contributed by atoms with Gasteiger partial charge in [0.15, 0.2) is 0 Å². The number of hydrogen-bond acceptors (Lipinski definition) is 4. The summed E-state index contributed by atoms with van der Waals surface area (Å²) in [6.45, 7) is 0.802. The Balaban J connectivity index is 1.99. The van der Waals surface area contributed by atoms with Crippen LogP contribution in [0.5, 0.6) is 11.5 Å². The summed E-state index contributed by atoms with van der Waals surface area (Å²) < 4.78 is 46.0. The number of halogens is 4. The zero-order chi connectivity index (χ0) is 15.5. The molecule has 3 nitrogen and oxygen atoms in total. The van der Waals surface area contributed by atoms with Crippen LogP contribution in [0.4, 0.5) is 13.2 Å². The zero-order valence-corrected chi connectivity index (χ0v) is 13.0. The van der Waals surface area contributed by atoms with Crippen molar-refractivity contribution in [1.29, 1.82) is 0 Å². The van der Waals surface area contributed by atoms with Crippen molar-refractivity contribution in [3.05, 3.63) is 44.6 Å². The number of rotatable bonds is 5.